The third-order valence-electron chi connectivity index (χ3n) is 6.42. The van der Waals surface area contributed by atoms with Crippen LogP contribution in [0, 0.1) is 0 Å². The van der Waals surface area contributed by atoms with Crippen molar-refractivity contribution in [3.63, 3.8) is 0 Å². The molecule has 0 aliphatic carbocycles. The van der Waals surface area contributed by atoms with E-state index in [9.17, 15) is 24.9 Å². The van der Waals surface area contributed by atoms with Crippen LogP contribution in [0.2, 0.25) is 0 Å². The number of hydrogen-bond acceptors (Lipinski definition) is 7. The highest BCUT2D eigenvalue weighted by molar-refractivity contribution is 5.91. The first-order chi connectivity index (χ1) is 17.4. The summed E-state index contributed by atoms with van der Waals surface area (Å²) in [5, 5.41) is 31.7. The van der Waals surface area contributed by atoms with Gasteiger partial charge >= 0.3 is 0 Å². The summed E-state index contributed by atoms with van der Waals surface area (Å²) in [5.41, 5.74) is 0.880. The molecule has 0 saturated carbocycles. The zero-order valence-electron chi connectivity index (χ0n) is 19.4. The van der Waals surface area contributed by atoms with Gasteiger partial charge in [0.2, 0.25) is 5.91 Å². The van der Waals surface area contributed by atoms with Gasteiger partial charge < -0.3 is 29.4 Å². The van der Waals surface area contributed by atoms with E-state index in [1.54, 1.807) is 41.3 Å². The van der Waals surface area contributed by atoms with E-state index in [1.165, 1.54) is 18.2 Å². The minimum Gasteiger partial charge on any atom is -0.508 e. The Morgan fingerprint density at radius 3 is 2.39 bits per heavy atom. The van der Waals surface area contributed by atoms with E-state index < -0.39 is 17.1 Å². The van der Waals surface area contributed by atoms with Crippen LogP contribution in [0.4, 0.5) is 0 Å². The number of phenolic OH excluding ortho intramolecular Hbond substituents is 3. The maximum atomic E-state index is 13.3. The second kappa shape index (κ2) is 9.75. The summed E-state index contributed by atoms with van der Waals surface area (Å²) in [6, 6.07) is 17.8. The maximum absolute atomic E-state index is 13.3. The molecule has 1 atom stereocenters. The first-order valence-corrected chi connectivity index (χ1v) is 11.6. The number of carbonyl (C=O) groups excluding carboxylic acids is 1. The molecule has 1 aromatic heterocycles. The average Bonchev–Trinajstić information content (AvgIpc) is 2.88. The Morgan fingerprint density at radius 1 is 0.917 bits per heavy atom. The number of fused-ring (bicyclic) bond motifs is 1. The van der Waals surface area contributed by atoms with Gasteiger partial charge in [-0.25, -0.2) is 0 Å². The Morgan fingerprint density at radius 2 is 1.67 bits per heavy atom. The van der Waals surface area contributed by atoms with Gasteiger partial charge in [0.05, 0.1) is 13.2 Å². The number of benzene rings is 3. The Bertz CT molecular complexity index is 1470. The largest absolute Gasteiger partial charge is 0.508 e. The molecule has 1 fully saturated rings. The minimum atomic E-state index is -0.773. The lowest BCUT2D eigenvalue weighted by Crippen LogP contribution is -2.41. The van der Waals surface area contributed by atoms with Gasteiger partial charge in [0.15, 0.2) is 5.43 Å². The van der Waals surface area contributed by atoms with E-state index in [1.807, 2.05) is 6.07 Å². The molecule has 1 saturated heterocycles. The SMILES string of the molecule is O=C(C[C@@H](c1cccc(O)c1)c1c(O)cc(O)c2c(=O)cc(-c3ccccc3)oc12)N1CCOCC1. The smallest absolute Gasteiger partial charge is 0.223 e. The second-order valence-electron chi connectivity index (χ2n) is 8.72. The van der Waals surface area contributed by atoms with Gasteiger partial charge in [-0.1, -0.05) is 42.5 Å². The summed E-state index contributed by atoms with van der Waals surface area (Å²) < 4.78 is 11.5. The standard InChI is InChI=1S/C28H25NO7/c30-19-8-4-7-18(13-19)20(14-25(34)29-9-11-35-12-10-29)26-21(31)15-22(32)27-23(33)16-24(36-28(26)27)17-5-2-1-3-6-17/h1-8,13,15-16,20,30-32H,9-12,14H2/t20-/m0/s1. The summed E-state index contributed by atoms with van der Waals surface area (Å²) >= 11 is 0. The third-order valence-corrected chi connectivity index (χ3v) is 6.42. The zero-order chi connectivity index (χ0) is 25.2. The fourth-order valence-corrected chi connectivity index (χ4v) is 4.65. The predicted octanol–water partition coefficient (Wildman–Crippen LogP) is 3.96. The van der Waals surface area contributed by atoms with E-state index in [4.69, 9.17) is 9.15 Å². The molecular formula is C28H25NO7. The molecule has 36 heavy (non-hydrogen) atoms. The van der Waals surface area contributed by atoms with Crippen LogP contribution in [0.1, 0.15) is 23.5 Å². The van der Waals surface area contributed by atoms with Crippen molar-refractivity contribution >= 4 is 16.9 Å². The van der Waals surface area contributed by atoms with Crippen molar-refractivity contribution in [1.82, 2.24) is 4.90 Å². The molecular weight excluding hydrogens is 462 g/mol. The van der Waals surface area contributed by atoms with Crippen LogP contribution in [-0.2, 0) is 9.53 Å². The Hall–Kier alpha value is -4.30. The Labute approximate surface area is 206 Å². The molecule has 8 nitrogen and oxygen atoms in total. The van der Waals surface area contributed by atoms with Crippen molar-refractivity contribution in [2.45, 2.75) is 12.3 Å². The van der Waals surface area contributed by atoms with Crippen molar-refractivity contribution < 1.29 is 29.3 Å². The van der Waals surface area contributed by atoms with Crippen molar-refractivity contribution in [1.29, 1.82) is 0 Å². The Balaban J connectivity index is 1.72. The quantitative estimate of drug-likeness (QED) is 0.390. The molecule has 1 amide bonds. The van der Waals surface area contributed by atoms with Crippen LogP contribution in [0.15, 0.2) is 75.9 Å². The number of ether oxygens (including phenoxy) is 1. The fraction of sp³-hybridized carbons (Fsp3) is 0.214. The number of carbonyl (C=O) groups is 1. The van der Waals surface area contributed by atoms with Gasteiger partial charge in [0.25, 0.3) is 0 Å². The molecule has 184 valence electrons. The van der Waals surface area contributed by atoms with Crippen molar-refractivity contribution in [3.8, 4) is 28.6 Å². The lowest BCUT2D eigenvalue weighted by atomic mass is 9.85. The van der Waals surface area contributed by atoms with Crippen molar-refractivity contribution in [2.75, 3.05) is 26.3 Å². The van der Waals surface area contributed by atoms with Crippen molar-refractivity contribution in [3.05, 3.63) is 88.1 Å². The van der Waals surface area contributed by atoms with E-state index in [0.29, 0.717) is 37.4 Å². The van der Waals surface area contributed by atoms with Crippen molar-refractivity contribution in [2.24, 2.45) is 0 Å². The highest BCUT2D eigenvalue weighted by atomic mass is 16.5. The number of nitrogens with zero attached hydrogens (tertiary/aromatic N) is 1. The number of amides is 1. The molecule has 2 heterocycles. The van der Waals surface area contributed by atoms with Crippen LogP contribution in [0.25, 0.3) is 22.3 Å². The summed E-state index contributed by atoms with van der Waals surface area (Å²) in [5.74, 6) is -1.44. The highest BCUT2D eigenvalue weighted by Crippen LogP contribution is 2.43. The molecule has 0 radical (unpaired) electrons. The van der Waals surface area contributed by atoms with Crippen LogP contribution in [-0.4, -0.2) is 52.4 Å². The van der Waals surface area contributed by atoms with E-state index in [2.05, 4.69) is 0 Å². The molecule has 3 aromatic carbocycles. The van der Waals surface area contributed by atoms with Gasteiger partial charge in [-0.3, -0.25) is 9.59 Å². The fourth-order valence-electron chi connectivity index (χ4n) is 4.65. The number of aromatic hydroxyl groups is 3. The molecule has 8 heteroatoms. The first-order valence-electron chi connectivity index (χ1n) is 11.6. The average molecular weight is 488 g/mol. The van der Waals surface area contributed by atoms with Gasteiger partial charge in [-0.15, -0.1) is 0 Å². The maximum Gasteiger partial charge on any atom is 0.223 e. The monoisotopic (exact) mass is 487 g/mol. The number of phenols is 3. The molecule has 1 aliphatic heterocycles. The number of morpholine rings is 1. The second-order valence-corrected chi connectivity index (χ2v) is 8.72. The van der Waals surface area contributed by atoms with E-state index in [-0.39, 0.29) is 46.1 Å². The number of hydrogen-bond donors (Lipinski definition) is 3. The van der Waals surface area contributed by atoms with Crippen LogP contribution >= 0.6 is 0 Å². The summed E-state index contributed by atoms with van der Waals surface area (Å²) in [4.78, 5) is 28.1. The molecule has 5 rings (SSSR count). The number of rotatable bonds is 5. The lowest BCUT2D eigenvalue weighted by Gasteiger charge is -2.29. The topological polar surface area (TPSA) is 120 Å². The lowest BCUT2D eigenvalue weighted by molar-refractivity contribution is -0.135. The molecule has 3 N–H and O–H groups in total. The predicted molar refractivity (Wildman–Crippen MR) is 133 cm³/mol. The van der Waals surface area contributed by atoms with Gasteiger partial charge in [0, 0.05) is 48.7 Å². The summed E-state index contributed by atoms with van der Waals surface area (Å²) in [6.45, 7) is 1.76. The first kappa shape index (κ1) is 23.4. The molecule has 1 aliphatic rings. The van der Waals surface area contributed by atoms with E-state index >= 15 is 0 Å². The molecule has 4 aromatic rings. The summed E-state index contributed by atoms with van der Waals surface area (Å²) in [6.07, 6.45) is -0.0594. The normalized spacial score (nSPS) is 14.6. The summed E-state index contributed by atoms with van der Waals surface area (Å²) in [7, 11) is 0. The molecule has 0 unspecified atom stereocenters. The van der Waals surface area contributed by atoms with Crippen LogP contribution < -0.4 is 5.43 Å². The van der Waals surface area contributed by atoms with E-state index in [0.717, 1.165) is 6.07 Å². The van der Waals surface area contributed by atoms with Crippen LogP contribution in [0.3, 0.4) is 0 Å². The Kier molecular flexibility index (Phi) is 6.35. The third kappa shape index (κ3) is 4.50. The van der Waals surface area contributed by atoms with Gasteiger partial charge in [0.1, 0.15) is 34.0 Å². The highest BCUT2D eigenvalue weighted by Gasteiger charge is 2.30. The van der Waals surface area contributed by atoms with Crippen LogP contribution in [0.5, 0.6) is 17.2 Å². The zero-order valence-corrected chi connectivity index (χ0v) is 19.4. The minimum absolute atomic E-state index is 0.00896. The molecule has 0 spiro atoms. The molecule has 0 bridgehead atoms. The van der Waals surface area contributed by atoms with Gasteiger partial charge in [-0.05, 0) is 17.7 Å². The van der Waals surface area contributed by atoms with Gasteiger partial charge in [-0.2, -0.15) is 0 Å².